The lowest BCUT2D eigenvalue weighted by atomic mass is 9.59. The van der Waals surface area contributed by atoms with E-state index in [1.165, 1.54) is 5.56 Å². The zero-order valence-corrected chi connectivity index (χ0v) is 28.1. The predicted molar refractivity (Wildman–Crippen MR) is 226 cm³/mol. The van der Waals surface area contributed by atoms with Crippen LogP contribution in [0.3, 0.4) is 0 Å². The predicted octanol–water partition coefficient (Wildman–Crippen LogP) is 7.12. The summed E-state index contributed by atoms with van der Waals surface area (Å²) in [7, 11) is 32.0. The average Bonchev–Trinajstić information content (AvgIpc) is 3.57. The van der Waals surface area contributed by atoms with E-state index in [4.69, 9.17) is 43.6 Å². The Morgan fingerprint density at radius 3 is 1.60 bits per heavy atom. The maximum Gasteiger partial charge on any atom is 0.136 e. The topological polar surface area (TPSA) is 13.1 Å². The molecule has 10 radical (unpaired) electrons. The molecular formula is C46H23B5O. The molecule has 0 spiro atoms. The summed E-state index contributed by atoms with van der Waals surface area (Å²) in [6.07, 6.45) is 0. The van der Waals surface area contributed by atoms with Crippen LogP contribution in [0.4, 0.5) is 0 Å². The van der Waals surface area contributed by atoms with Crippen LogP contribution < -0.4 is 27.3 Å². The third kappa shape index (κ3) is 4.50. The van der Waals surface area contributed by atoms with Crippen molar-refractivity contribution in [3.05, 3.63) is 140 Å². The zero-order chi connectivity index (χ0) is 35.2. The van der Waals surface area contributed by atoms with Crippen LogP contribution in [0.1, 0.15) is 0 Å². The van der Waals surface area contributed by atoms with Gasteiger partial charge in [0.25, 0.3) is 0 Å². The quantitative estimate of drug-likeness (QED) is 0.147. The van der Waals surface area contributed by atoms with E-state index >= 15 is 0 Å². The molecule has 0 saturated heterocycles. The summed E-state index contributed by atoms with van der Waals surface area (Å²) in [6, 6.07) is 49.2. The molecule has 0 atom stereocenters. The highest BCUT2D eigenvalue weighted by Crippen LogP contribution is 2.46. The third-order valence-electron chi connectivity index (χ3n) is 10.7. The molecule has 0 N–H and O–H groups in total. The second-order valence-electron chi connectivity index (χ2n) is 13.5. The Labute approximate surface area is 308 Å². The molecular weight excluding hydrogens is 623 g/mol. The van der Waals surface area contributed by atoms with Gasteiger partial charge in [-0.05, 0) is 101 Å². The van der Waals surface area contributed by atoms with Crippen molar-refractivity contribution in [1.29, 1.82) is 0 Å². The van der Waals surface area contributed by atoms with Gasteiger partial charge in [-0.3, -0.25) is 0 Å². The Balaban J connectivity index is 1.26. The van der Waals surface area contributed by atoms with E-state index in [9.17, 15) is 0 Å². The molecule has 0 aliphatic rings. The Kier molecular flexibility index (Phi) is 6.89. The van der Waals surface area contributed by atoms with Crippen molar-refractivity contribution < 1.29 is 4.42 Å². The highest BCUT2D eigenvalue weighted by Gasteiger charge is 2.21. The lowest BCUT2D eigenvalue weighted by Crippen LogP contribution is -2.55. The summed E-state index contributed by atoms with van der Waals surface area (Å²) in [4.78, 5) is 0. The fourth-order valence-electron chi connectivity index (χ4n) is 8.14. The molecule has 52 heavy (non-hydrogen) atoms. The molecule has 10 aromatic rings. The van der Waals surface area contributed by atoms with Gasteiger partial charge in [0.05, 0.1) is 0 Å². The smallest absolute Gasteiger partial charge is 0.136 e. The van der Waals surface area contributed by atoms with Crippen molar-refractivity contribution in [2.45, 2.75) is 0 Å². The third-order valence-corrected chi connectivity index (χ3v) is 10.7. The molecule has 0 aliphatic heterocycles. The molecule has 0 unspecified atom stereocenters. The SMILES string of the molecule is [B]c1c([B])c([B])c(-c2ccc3ccc4c(-c5cc(-c6cccc(-c7ccccc7)c6)cc6oc7ccccc7c56)ccc5ccc2c3c54)c([B])c1[B]. The Morgan fingerprint density at radius 2 is 0.885 bits per heavy atom. The number of benzene rings is 9. The van der Waals surface area contributed by atoms with Crippen LogP contribution in [0.15, 0.2) is 144 Å². The molecule has 1 aromatic heterocycles. The minimum Gasteiger partial charge on any atom is -0.456 e. The van der Waals surface area contributed by atoms with Gasteiger partial charge in [-0.15, -0.1) is 16.4 Å². The van der Waals surface area contributed by atoms with Crippen LogP contribution >= 0.6 is 0 Å². The summed E-state index contributed by atoms with van der Waals surface area (Å²) < 4.78 is 6.58. The molecule has 0 saturated carbocycles. The van der Waals surface area contributed by atoms with Gasteiger partial charge in [0.1, 0.15) is 50.4 Å². The van der Waals surface area contributed by atoms with Crippen LogP contribution in [0.2, 0.25) is 0 Å². The highest BCUT2D eigenvalue weighted by molar-refractivity contribution is 6.69. The van der Waals surface area contributed by atoms with Crippen molar-refractivity contribution in [2.24, 2.45) is 0 Å². The van der Waals surface area contributed by atoms with Gasteiger partial charge in [-0.25, -0.2) is 0 Å². The first kappa shape index (κ1) is 30.9. The minimum absolute atomic E-state index is 0.202. The van der Waals surface area contributed by atoms with E-state index in [2.05, 4.69) is 115 Å². The average molecular weight is 646 g/mol. The van der Waals surface area contributed by atoms with Gasteiger partial charge in [-0.1, -0.05) is 126 Å². The van der Waals surface area contributed by atoms with Gasteiger partial charge in [0, 0.05) is 10.8 Å². The van der Waals surface area contributed by atoms with Crippen LogP contribution in [-0.4, -0.2) is 39.2 Å². The maximum atomic E-state index is 6.60. The van der Waals surface area contributed by atoms with E-state index in [0.29, 0.717) is 16.5 Å². The van der Waals surface area contributed by atoms with Gasteiger partial charge in [0.15, 0.2) is 0 Å². The Morgan fingerprint density at radius 1 is 0.327 bits per heavy atom. The maximum absolute atomic E-state index is 6.60. The van der Waals surface area contributed by atoms with Crippen LogP contribution in [-0.2, 0) is 0 Å². The second-order valence-corrected chi connectivity index (χ2v) is 13.5. The van der Waals surface area contributed by atoms with Crippen molar-refractivity contribution in [1.82, 2.24) is 0 Å². The zero-order valence-electron chi connectivity index (χ0n) is 28.1. The number of hydrogen-bond donors (Lipinski definition) is 0. The van der Waals surface area contributed by atoms with E-state index < -0.39 is 0 Å². The summed E-state index contributed by atoms with van der Waals surface area (Å²) in [5.74, 6) is 0. The van der Waals surface area contributed by atoms with Crippen LogP contribution in [0, 0.1) is 0 Å². The van der Waals surface area contributed by atoms with Crippen LogP contribution in [0.5, 0.6) is 0 Å². The van der Waals surface area contributed by atoms with E-state index in [-0.39, 0.29) is 16.4 Å². The summed E-state index contributed by atoms with van der Waals surface area (Å²) in [5, 5.41) is 8.80. The summed E-state index contributed by atoms with van der Waals surface area (Å²) in [6.45, 7) is 0. The fraction of sp³-hybridized carbons (Fsp3) is 0. The molecule has 6 heteroatoms. The van der Waals surface area contributed by atoms with Crippen molar-refractivity contribution in [3.8, 4) is 44.5 Å². The number of fused-ring (bicyclic) bond motifs is 3. The largest absolute Gasteiger partial charge is 0.456 e. The number of furan rings is 1. The number of rotatable bonds is 4. The summed E-state index contributed by atoms with van der Waals surface area (Å²) >= 11 is 0. The van der Waals surface area contributed by atoms with Crippen molar-refractivity contribution >= 4 is 121 Å². The normalized spacial score (nSPS) is 11.8. The molecule has 1 heterocycles. The lowest BCUT2D eigenvalue weighted by Gasteiger charge is -2.23. The van der Waals surface area contributed by atoms with Crippen molar-refractivity contribution in [3.63, 3.8) is 0 Å². The van der Waals surface area contributed by atoms with E-state index in [1.807, 2.05) is 24.3 Å². The van der Waals surface area contributed by atoms with Gasteiger partial charge < -0.3 is 4.42 Å². The first-order valence-corrected chi connectivity index (χ1v) is 17.2. The molecule has 1 nitrogen and oxygen atoms in total. The van der Waals surface area contributed by atoms with Crippen LogP contribution in [0.25, 0.3) is 98.8 Å². The fourth-order valence-corrected chi connectivity index (χ4v) is 8.14. The van der Waals surface area contributed by atoms with Crippen molar-refractivity contribution in [2.75, 3.05) is 0 Å². The van der Waals surface area contributed by atoms with E-state index in [0.717, 1.165) is 87.6 Å². The minimum atomic E-state index is 0.202. The number of para-hydroxylation sites is 1. The van der Waals surface area contributed by atoms with E-state index in [1.54, 1.807) is 0 Å². The molecule has 0 bridgehead atoms. The molecule has 228 valence electrons. The first-order chi connectivity index (χ1) is 25.4. The highest BCUT2D eigenvalue weighted by atomic mass is 16.3. The molecule has 0 aliphatic carbocycles. The monoisotopic (exact) mass is 646 g/mol. The van der Waals surface area contributed by atoms with Gasteiger partial charge >= 0.3 is 0 Å². The molecule has 10 rings (SSSR count). The lowest BCUT2D eigenvalue weighted by molar-refractivity contribution is 0.669. The Bertz CT molecular complexity index is 3040. The standard InChI is InChI=1S/C46H23B5O/c47-42-41(43(48)45(50)46(51)44(42)49)33-20-16-26-14-18-31-30(17-13-25-15-19-32(33)39(26)38(25)31)35-22-29(23-37-40(35)34-11-4-5-12-36(34)52-37)28-10-6-9-27(21-28)24-7-2-1-3-8-24/h1-23H. The van der Waals surface area contributed by atoms with Gasteiger partial charge in [0.2, 0.25) is 0 Å². The second kappa shape index (κ2) is 11.6. The van der Waals surface area contributed by atoms with Gasteiger partial charge in [-0.2, -0.15) is 0 Å². The Hall–Kier alpha value is -5.86. The first-order valence-electron chi connectivity index (χ1n) is 17.2. The molecule has 0 amide bonds. The number of hydrogen-bond acceptors (Lipinski definition) is 1. The summed E-state index contributed by atoms with van der Waals surface area (Å²) in [5.41, 5.74) is 11.2. The molecule has 9 aromatic carbocycles. The molecule has 0 fully saturated rings.